The van der Waals surface area contributed by atoms with E-state index in [-0.39, 0.29) is 0 Å². The molecule has 3 N–H and O–H groups in total. The van der Waals surface area contributed by atoms with Crippen LogP contribution in [-0.2, 0) is 6.54 Å². The van der Waals surface area contributed by atoms with Crippen molar-refractivity contribution in [1.82, 2.24) is 19.8 Å². The maximum Gasteiger partial charge on any atom is 0.214 e. The molecular formula is C5H11N5S. The van der Waals surface area contributed by atoms with Crippen molar-refractivity contribution >= 4 is 12.2 Å². The molecule has 1 aromatic rings. The Morgan fingerprint density at radius 2 is 2.36 bits per heavy atom. The molecule has 11 heavy (non-hydrogen) atoms. The highest BCUT2D eigenvalue weighted by molar-refractivity contribution is 7.71. The van der Waals surface area contributed by atoms with E-state index in [1.54, 1.807) is 0 Å². The minimum Gasteiger partial charge on any atom is -0.335 e. The summed E-state index contributed by atoms with van der Waals surface area (Å²) in [7, 11) is 3.88. The molecule has 1 heterocycles. The van der Waals surface area contributed by atoms with Crippen LogP contribution in [0, 0.1) is 4.77 Å². The van der Waals surface area contributed by atoms with E-state index in [1.807, 2.05) is 19.0 Å². The van der Waals surface area contributed by atoms with Crippen LogP contribution in [0.3, 0.4) is 0 Å². The van der Waals surface area contributed by atoms with Gasteiger partial charge < -0.3 is 10.7 Å². The zero-order valence-electron chi connectivity index (χ0n) is 6.53. The minimum absolute atomic E-state index is 0.446. The highest BCUT2D eigenvalue weighted by Crippen LogP contribution is 1.94. The lowest BCUT2D eigenvalue weighted by atomic mass is 10.6. The van der Waals surface area contributed by atoms with E-state index in [4.69, 9.17) is 18.1 Å². The fourth-order valence-corrected chi connectivity index (χ4v) is 0.883. The summed E-state index contributed by atoms with van der Waals surface area (Å²) >= 11 is 4.83. The zero-order valence-corrected chi connectivity index (χ0v) is 7.35. The molecule has 5 nitrogen and oxygen atoms in total. The highest BCUT2D eigenvalue weighted by atomic mass is 32.1. The van der Waals surface area contributed by atoms with Crippen molar-refractivity contribution in [3.8, 4) is 0 Å². The molecule has 0 fully saturated rings. The smallest absolute Gasteiger partial charge is 0.214 e. The predicted octanol–water partition coefficient (Wildman–Crippen LogP) is -0.284. The quantitative estimate of drug-likeness (QED) is 0.477. The number of rotatable bonds is 2. The zero-order chi connectivity index (χ0) is 8.43. The monoisotopic (exact) mass is 173 g/mol. The van der Waals surface area contributed by atoms with E-state index in [2.05, 4.69) is 10.2 Å². The Morgan fingerprint density at radius 1 is 1.73 bits per heavy atom. The number of nitrogens with one attached hydrogen (secondary N) is 1. The predicted molar refractivity (Wildman–Crippen MR) is 45.0 cm³/mol. The summed E-state index contributed by atoms with van der Waals surface area (Å²) in [4.78, 5) is 1.97. The summed E-state index contributed by atoms with van der Waals surface area (Å²) in [5.74, 6) is 6.28. The molecule has 0 bridgehead atoms. The van der Waals surface area contributed by atoms with Crippen LogP contribution in [0.15, 0.2) is 0 Å². The third-order valence-electron chi connectivity index (χ3n) is 1.24. The van der Waals surface area contributed by atoms with Gasteiger partial charge in [-0.1, -0.05) is 0 Å². The van der Waals surface area contributed by atoms with Crippen LogP contribution in [-0.4, -0.2) is 33.9 Å². The van der Waals surface area contributed by atoms with Crippen molar-refractivity contribution in [3.05, 3.63) is 10.6 Å². The van der Waals surface area contributed by atoms with Gasteiger partial charge in [0, 0.05) is 0 Å². The Kier molecular flexibility index (Phi) is 2.25. The largest absolute Gasteiger partial charge is 0.335 e. The normalized spacial score (nSPS) is 10.8. The maximum absolute atomic E-state index is 5.54. The van der Waals surface area contributed by atoms with Crippen molar-refractivity contribution in [2.75, 3.05) is 19.9 Å². The minimum atomic E-state index is 0.446. The average Bonchev–Trinajstić information content (AvgIpc) is 2.18. The summed E-state index contributed by atoms with van der Waals surface area (Å²) in [5, 5.41) is 6.54. The summed E-state index contributed by atoms with van der Waals surface area (Å²) in [5.41, 5.74) is 0. The number of aromatic amines is 1. The summed E-state index contributed by atoms with van der Waals surface area (Å²) in [6.45, 7) is 0.684. The lowest BCUT2D eigenvalue weighted by Crippen LogP contribution is -2.19. The molecule has 0 atom stereocenters. The second kappa shape index (κ2) is 3.02. The molecule has 0 saturated carbocycles. The number of H-pyrrole nitrogens is 1. The van der Waals surface area contributed by atoms with Crippen LogP contribution in [0.5, 0.6) is 0 Å². The lowest BCUT2D eigenvalue weighted by Gasteiger charge is -2.06. The van der Waals surface area contributed by atoms with Crippen LogP contribution in [0.4, 0.5) is 0 Å². The SMILES string of the molecule is CN(C)Cc1n[nH]c(=S)n1N. The molecule has 0 aliphatic rings. The second-order valence-electron chi connectivity index (χ2n) is 2.55. The number of nitrogens with two attached hydrogens (primary N) is 1. The molecule has 6 heteroatoms. The van der Waals surface area contributed by atoms with E-state index < -0.39 is 0 Å². The molecule has 0 aromatic carbocycles. The van der Waals surface area contributed by atoms with E-state index in [9.17, 15) is 0 Å². The fourth-order valence-electron chi connectivity index (χ4n) is 0.732. The Morgan fingerprint density at radius 3 is 2.73 bits per heavy atom. The standard InChI is InChI=1S/C5H11N5S/c1-9(2)3-4-7-8-5(11)10(4)6/h3,6H2,1-2H3,(H,8,11). The van der Waals surface area contributed by atoms with Crippen molar-refractivity contribution < 1.29 is 0 Å². The number of nitrogen functional groups attached to an aromatic ring is 1. The van der Waals surface area contributed by atoms with Crippen molar-refractivity contribution in [2.45, 2.75) is 6.54 Å². The van der Waals surface area contributed by atoms with Crippen molar-refractivity contribution in [1.29, 1.82) is 0 Å². The molecular weight excluding hydrogens is 162 g/mol. The van der Waals surface area contributed by atoms with Gasteiger partial charge in [0.05, 0.1) is 6.54 Å². The molecule has 1 aromatic heterocycles. The van der Waals surface area contributed by atoms with Gasteiger partial charge in [-0.3, -0.25) is 5.10 Å². The van der Waals surface area contributed by atoms with Crippen LogP contribution >= 0.6 is 12.2 Å². The molecule has 0 aliphatic carbocycles. The van der Waals surface area contributed by atoms with Crippen LogP contribution < -0.4 is 5.84 Å². The van der Waals surface area contributed by atoms with Gasteiger partial charge >= 0.3 is 0 Å². The van der Waals surface area contributed by atoms with Gasteiger partial charge in [0.2, 0.25) is 4.77 Å². The van der Waals surface area contributed by atoms with Gasteiger partial charge in [0.1, 0.15) is 0 Å². The molecule has 0 spiro atoms. The molecule has 0 radical (unpaired) electrons. The first kappa shape index (κ1) is 8.22. The van der Waals surface area contributed by atoms with Gasteiger partial charge in [-0.15, -0.1) is 0 Å². The third kappa shape index (κ3) is 1.78. The van der Waals surface area contributed by atoms with Crippen molar-refractivity contribution in [3.63, 3.8) is 0 Å². The second-order valence-corrected chi connectivity index (χ2v) is 2.94. The van der Waals surface area contributed by atoms with Crippen LogP contribution in [0.1, 0.15) is 5.82 Å². The summed E-state index contributed by atoms with van der Waals surface area (Å²) in [6, 6.07) is 0. The Bertz CT molecular complexity index is 285. The Labute approximate surface area is 69.8 Å². The number of aromatic nitrogens is 3. The molecule has 0 aliphatic heterocycles. The number of hydrogen-bond donors (Lipinski definition) is 2. The van der Waals surface area contributed by atoms with Crippen LogP contribution in [0.25, 0.3) is 0 Å². The topological polar surface area (TPSA) is 62.9 Å². The van der Waals surface area contributed by atoms with Gasteiger partial charge in [0.15, 0.2) is 5.82 Å². The van der Waals surface area contributed by atoms with E-state index in [0.717, 1.165) is 5.82 Å². The number of nitrogens with zero attached hydrogens (tertiary/aromatic N) is 3. The van der Waals surface area contributed by atoms with Gasteiger partial charge in [-0.25, -0.2) is 4.68 Å². The van der Waals surface area contributed by atoms with Gasteiger partial charge in [-0.2, -0.15) is 5.10 Å². The molecule has 0 saturated heterocycles. The lowest BCUT2D eigenvalue weighted by molar-refractivity contribution is 0.385. The van der Waals surface area contributed by atoms with E-state index in [1.165, 1.54) is 4.68 Å². The number of hydrogen-bond acceptors (Lipinski definition) is 4. The van der Waals surface area contributed by atoms with Crippen molar-refractivity contribution in [2.24, 2.45) is 0 Å². The first-order valence-corrected chi connectivity index (χ1v) is 3.58. The Hall–Kier alpha value is -0.880. The Balaban J connectivity index is 2.87. The van der Waals surface area contributed by atoms with E-state index >= 15 is 0 Å². The first-order valence-electron chi connectivity index (χ1n) is 3.17. The third-order valence-corrected chi connectivity index (χ3v) is 1.52. The summed E-state index contributed by atoms with van der Waals surface area (Å²) in [6.07, 6.45) is 0. The maximum atomic E-state index is 5.54. The van der Waals surface area contributed by atoms with Gasteiger partial charge in [-0.05, 0) is 26.3 Å². The molecule has 0 unspecified atom stereocenters. The molecule has 1 rings (SSSR count). The van der Waals surface area contributed by atoms with Gasteiger partial charge in [0.25, 0.3) is 0 Å². The first-order chi connectivity index (χ1) is 5.11. The highest BCUT2D eigenvalue weighted by Gasteiger charge is 2.02. The summed E-state index contributed by atoms with van der Waals surface area (Å²) < 4.78 is 1.82. The molecule has 0 amide bonds. The van der Waals surface area contributed by atoms with E-state index in [0.29, 0.717) is 11.3 Å². The fraction of sp³-hybridized carbons (Fsp3) is 0.600. The van der Waals surface area contributed by atoms with Crippen LogP contribution in [0.2, 0.25) is 0 Å². The average molecular weight is 173 g/mol. The molecule has 62 valence electrons.